The summed E-state index contributed by atoms with van der Waals surface area (Å²) in [5, 5.41) is 4.57. The summed E-state index contributed by atoms with van der Waals surface area (Å²) in [5.41, 5.74) is 0. The van der Waals surface area contributed by atoms with E-state index in [1.54, 1.807) is 0 Å². The summed E-state index contributed by atoms with van der Waals surface area (Å²) in [7, 11) is -2.02. The van der Waals surface area contributed by atoms with Gasteiger partial charge in [0.2, 0.25) is 0 Å². The monoisotopic (exact) mass is 452 g/mol. The minimum absolute atomic E-state index is 1.17. The zero-order valence-corrected chi connectivity index (χ0v) is 19.0. The van der Waals surface area contributed by atoms with Crippen LogP contribution in [0.25, 0.3) is 0 Å². The van der Waals surface area contributed by atoms with Crippen molar-refractivity contribution in [2.75, 3.05) is 6.16 Å². The molecule has 0 nitrogen and oxygen atoms in total. The van der Waals surface area contributed by atoms with Crippen molar-refractivity contribution < 1.29 is 0 Å². The van der Waals surface area contributed by atoms with Crippen LogP contribution in [0.15, 0.2) is 102 Å². The van der Waals surface area contributed by atoms with Gasteiger partial charge in [-0.15, -0.1) is 0 Å². The molecular formula is C26H30BrP. The van der Waals surface area contributed by atoms with Crippen LogP contribution in [0.1, 0.15) is 32.1 Å². The van der Waals surface area contributed by atoms with E-state index in [1.807, 2.05) is 4.99 Å². The number of benzene rings is 3. The van der Waals surface area contributed by atoms with Gasteiger partial charge in [0.15, 0.2) is 0 Å². The van der Waals surface area contributed by atoms with Crippen LogP contribution in [0.5, 0.6) is 0 Å². The summed E-state index contributed by atoms with van der Waals surface area (Å²) in [6.07, 6.45) is 9.80. The molecule has 3 aromatic carbocycles. The minimum atomic E-state index is -2.02. The third kappa shape index (κ3) is 5.22. The number of unbranched alkanes of at least 4 members (excludes halogenated alkanes) is 4. The van der Waals surface area contributed by atoms with Gasteiger partial charge in [-0.2, -0.15) is 0 Å². The van der Waals surface area contributed by atoms with Crippen molar-refractivity contribution in [3.8, 4) is 0 Å². The Kier molecular flexibility index (Phi) is 8.52. The molecule has 0 amide bonds. The van der Waals surface area contributed by atoms with Gasteiger partial charge in [-0.3, -0.25) is 0 Å². The number of rotatable bonds is 10. The molecule has 3 aromatic rings. The van der Waals surface area contributed by atoms with Crippen LogP contribution >= 0.6 is 23.2 Å². The van der Waals surface area contributed by atoms with E-state index in [1.165, 1.54) is 54.2 Å². The number of hydrogen-bond donors (Lipinski definition) is 0. The molecule has 0 N–H and O–H groups in total. The predicted molar refractivity (Wildman–Crippen MR) is 133 cm³/mol. The molecule has 146 valence electrons. The molecule has 0 saturated heterocycles. The van der Waals surface area contributed by atoms with Crippen molar-refractivity contribution in [3.63, 3.8) is 0 Å². The maximum absolute atomic E-state index is 3.36. The Hall–Kier alpha value is -1.69. The third-order valence-electron chi connectivity index (χ3n) is 5.56. The first-order valence-corrected chi connectivity index (χ1v) is 13.4. The fourth-order valence-electron chi connectivity index (χ4n) is 4.17. The molecule has 0 aliphatic rings. The SMILES string of the molecule is BrC=CCCCCCC[PH](c1ccccc1)(c1ccccc1)c1ccccc1. The first-order chi connectivity index (χ1) is 13.9. The van der Waals surface area contributed by atoms with Gasteiger partial charge in [-0.1, -0.05) is 0 Å². The van der Waals surface area contributed by atoms with E-state index < -0.39 is 7.26 Å². The van der Waals surface area contributed by atoms with E-state index in [4.69, 9.17) is 0 Å². The van der Waals surface area contributed by atoms with Crippen molar-refractivity contribution in [3.05, 3.63) is 102 Å². The Morgan fingerprint density at radius 2 is 1.00 bits per heavy atom. The Morgan fingerprint density at radius 1 is 0.571 bits per heavy atom. The molecule has 28 heavy (non-hydrogen) atoms. The van der Waals surface area contributed by atoms with E-state index >= 15 is 0 Å². The van der Waals surface area contributed by atoms with Gasteiger partial charge in [0.25, 0.3) is 0 Å². The van der Waals surface area contributed by atoms with Crippen molar-refractivity contribution >= 4 is 39.1 Å². The van der Waals surface area contributed by atoms with Crippen molar-refractivity contribution in [2.45, 2.75) is 32.1 Å². The van der Waals surface area contributed by atoms with Crippen LogP contribution < -0.4 is 15.9 Å². The third-order valence-corrected chi connectivity index (χ3v) is 11.0. The van der Waals surface area contributed by atoms with E-state index in [2.05, 4.69) is 113 Å². The fourth-order valence-corrected chi connectivity index (χ4v) is 9.37. The van der Waals surface area contributed by atoms with Gasteiger partial charge in [0.1, 0.15) is 0 Å². The van der Waals surface area contributed by atoms with E-state index in [-0.39, 0.29) is 0 Å². The molecule has 0 bridgehead atoms. The second kappa shape index (κ2) is 11.3. The van der Waals surface area contributed by atoms with Gasteiger partial charge in [-0.25, -0.2) is 0 Å². The Balaban J connectivity index is 1.93. The summed E-state index contributed by atoms with van der Waals surface area (Å²) in [4.78, 5) is 1.98. The molecule has 0 aliphatic heterocycles. The summed E-state index contributed by atoms with van der Waals surface area (Å²) in [6.45, 7) is 0. The maximum atomic E-state index is 3.36. The zero-order valence-electron chi connectivity index (χ0n) is 16.4. The van der Waals surface area contributed by atoms with Gasteiger partial charge in [-0.05, 0) is 0 Å². The molecule has 0 unspecified atom stereocenters. The van der Waals surface area contributed by atoms with Crippen molar-refractivity contribution in [1.29, 1.82) is 0 Å². The predicted octanol–water partition coefficient (Wildman–Crippen LogP) is 6.57. The Morgan fingerprint density at radius 3 is 1.43 bits per heavy atom. The summed E-state index contributed by atoms with van der Waals surface area (Å²) >= 11 is 3.36. The average Bonchev–Trinajstić information content (AvgIpc) is 2.78. The molecule has 0 heterocycles. The number of allylic oxidation sites excluding steroid dienone is 1. The second-order valence-corrected chi connectivity index (χ2v) is 11.9. The number of hydrogen-bond acceptors (Lipinski definition) is 0. The van der Waals surface area contributed by atoms with Crippen LogP contribution in [0.2, 0.25) is 0 Å². The van der Waals surface area contributed by atoms with Crippen LogP contribution in [0.4, 0.5) is 0 Å². The van der Waals surface area contributed by atoms with Crippen molar-refractivity contribution in [1.82, 2.24) is 0 Å². The van der Waals surface area contributed by atoms with Crippen LogP contribution in [0, 0.1) is 0 Å². The van der Waals surface area contributed by atoms with Crippen LogP contribution in [0.3, 0.4) is 0 Å². The van der Waals surface area contributed by atoms with E-state index in [0.717, 1.165) is 0 Å². The van der Waals surface area contributed by atoms with Crippen molar-refractivity contribution in [2.24, 2.45) is 0 Å². The first-order valence-electron chi connectivity index (χ1n) is 10.3. The molecule has 0 radical (unpaired) electrons. The van der Waals surface area contributed by atoms with Gasteiger partial charge < -0.3 is 0 Å². The summed E-state index contributed by atoms with van der Waals surface area (Å²) in [5.74, 6) is 0. The number of halogens is 1. The average molecular weight is 453 g/mol. The Bertz CT molecular complexity index is 731. The van der Waals surface area contributed by atoms with Crippen LogP contribution in [-0.4, -0.2) is 6.16 Å². The van der Waals surface area contributed by atoms with E-state index in [0.29, 0.717) is 0 Å². The van der Waals surface area contributed by atoms with Gasteiger partial charge >= 0.3 is 179 Å². The van der Waals surface area contributed by atoms with Gasteiger partial charge in [0, 0.05) is 0 Å². The molecule has 0 atom stereocenters. The molecule has 0 spiro atoms. The first kappa shape index (κ1) is 21.0. The standard InChI is InChI=1S/C26H30BrP/c27-22-14-3-1-2-4-15-23-28(24-16-8-5-9-17-24,25-18-10-6-11-19-25)26-20-12-7-13-21-26/h5-14,16-22,28H,1-4,15,23H2. The normalized spacial score (nSPS) is 12.3. The zero-order chi connectivity index (χ0) is 19.5. The van der Waals surface area contributed by atoms with Gasteiger partial charge in [0.05, 0.1) is 0 Å². The Labute approximate surface area is 179 Å². The molecule has 0 fully saturated rings. The van der Waals surface area contributed by atoms with E-state index in [9.17, 15) is 0 Å². The molecular weight excluding hydrogens is 423 g/mol. The molecule has 0 aromatic heterocycles. The quantitative estimate of drug-likeness (QED) is 0.241. The fraction of sp³-hybridized carbons (Fsp3) is 0.231. The van der Waals surface area contributed by atoms with Crippen LogP contribution in [-0.2, 0) is 0 Å². The second-order valence-electron chi connectivity index (χ2n) is 7.32. The molecule has 0 aliphatic carbocycles. The summed E-state index contributed by atoms with van der Waals surface area (Å²) < 4.78 is 0. The molecule has 3 rings (SSSR count). The topological polar surface area (TPSA) is 0 Å². The molecule has 0 saturated carbocycles. The molecule has 2 heteroatoms. The summed E-state index contributed by atoms with van der Waals surface area (Å²) in [6, 6.07) is 33.8.